The Kier molecular flexibility index (Phi) is 4.22. The highest BCUT2D eigenvalue weighted by Gasteiger charge is 2.41. The normalized spacial score (nSPS) is 11.3. The van der Waals surface area contributed by atoms with E-state index in [9.17, 15) is 9.90 Å². The second-order valence-electron chi connectivity index (χ2n) is 6.02. The summed E-state index contributed by atoms with van der Waals surface area (Å²) in [5.74, 6) is -1.56. The van der Waals surface area contributed by atoms with Gasteiger partial charge in [0.25, 0.3) is 5.82 Å². The summed E-state index contributed by atoms with van der Waals surface area (Å²) in [4.78, 5) is 12.8. The third-order valence-corrected chi connectivity index (χ3v) is 4.48. The van der Waals surface area contributed by atoms with Crippen LogP contribution in [0.2, 0.25) is 0 Å². The molecule has 1 aromatic heterocycles. The van der Waals surface area contributed by atoms with Crippen molar-refractivity contribution in [3.63, 3.8) is 0 Å². The first-order chi connectivity index (χ1) is 13.2. The molecule has 4 aromatic rings. The predicted octanol–water partition coefficient (Wildman–Crippen LogP) is 3.21. The minimum atomic E-state index is -1.22. The van der Waals surface area contributed by atoms with Gasteiger partial charge in [0.1, 0.15) is 0 Å². The largest absolute Gasteiger partial charge is 0.475 e. The van der Waals surface area contributed by atoms with Crippen LogP contribution in [0.1, 0.15) is 27.3 Å². The van der Waals surface area contributed by atoms with Crippen molar-refractivity contribution in [2.75, 3.05) is 0 Å². The van der Waals surface area contributed by atoms with Gasteiger partial charge in [-0.05, 0) is 21.9 Å². The van der Waals surface area contributed by atoms with E-state index in [-0.39, 0.29) is 5.82 Å². The smallest absolute Gasteiger partial charge is 0.377 e. The molecule has 1 heterocycles. The molecule has 6 nitrogen and oxygen atoms in total. The van der Waals surface area contributed by atoms with Crippen LogP contribution in [-0.2, 0) is 5.54 Å². The SMILES string of the molecule is O=C(O)c1nnn(C(c2ccccc2)(c2ccccc2)c2ccccc2)n1. The molecule has 0 unspecified atom stereocenters. The summed E-state index contributed by atoms with van der Waals surface area (Å²) in [5, 5.41) is 21.4. The molecule has 0 saturated carbocycles. The Balaban J connectivity index is 2.10. The summed E-state index contributed by atoms with van der Waals surface area (Å²) in [6, 6.07) is 29.3. The number of aromatic nitrogens is 4. The molecule has 132 valence electrons. The van der Waals surface area contributed by atoms with Gasteiger partial charge in [0.05, 0.1) is 0 Å². The summed E-state index contributed by atoms with van der Waals surface area (Å²) in [6.07, 6.45) is 0. The van der Waals surface area contributed by atoms with E-state index in [0.29, 0.717) is 0 Å². The number of nitrogens with zero attached hydrogens (tertiary/aromatic N) is 4. The molecule has 0 saturated heterocycles. The number of benzene rings is 3. The Morgan fingerprint density at radius 3 is 1.48 bits per heavy atom. The lowest BCUT2D eigenvalue weighted by molar-refractivity contribution is 0.0682. The van der Waals surface area contributed by atoms with E-state index in [4.69, 9.17) is 0 Å². The zero-order valence-corrected chi connectivity index (χ0v) is 14.3. The molecule has 0 aliphatic carbocycles. The average molecular weight is 356 g/mol. The van der Waals surface area contributed by atoms with Gasteiger partial charge in [-0.15, -0.1) is 15.0 Å². The van der Waals surface area contributed by atoms with Crippen molar-refractivity contribution in [2.24, 2.45) is 0 Å². The van der Waals surface area contributed by atoms with Crippen molar-refractivity contribution >= 4 is 5.97 Å². The number of carboxylic acids is 1. The molecule has 0 spiro atoms. The molecule has 6 heteroatoms. The first-order valence-corrected chi connectivity index (χ1v) is 8.43. The first kappa shape index (κ1) is 16.7. The molecular formula is C21H16N4O2. The fraction of sp³-hybridized carbons (Fsp3) is 0.0476. The number of tetrazole rings is 1. The minimum absolute atomic E-state index is 0.345. The van der Waals surface area contributed by atoms with Crippen molar-refractivity contribution in [3.05, 3.63) is 114 Å². The Morgan fingerprint density at radius 1 is 0.741 bits per heavy atom. The van der Waals surface area contributed by atoms with Crippen LogP contribution in [-0.4, -0.2) is 31.3 Å². The molecule has 3 aromatic carbocycles. The molecule has 0 atom stereocenters. The molecule has 0 bridgehead atoms. The van der Waals surface area contributed by atoms with Crippen LogP contribution in [0.5, 0.6) is 0 Å². The molecular weight excluding hydrogens is 340 g/mol. The van der Waals surface area contributed by atoms with Gasteiger partial charge in [-0.1, -0.05) is 91.0 Å². The number of rotatable bonds is 5. The minimum Gasteiger partial charge on any atom is -0.475 e. The number of carboxylic acid groups (broad SMARTS) is 1. The fourth-order valence-electron chi connectivity index (χ4n) is 3.33. The van der Waals surface area contributed by atoms with Crippen LogP contribution in [0, 0.1) is 0 Å². The van der Waals surface area contributed by atoms with Gasteiger partial charge in [-0.25, -0.2) is 4.79 Å². The summed E-state index contributed by atoms with van der Waals surface area (Å²) >= 11 is 0. The lowest BCUT2D eigenvalue weighted by atomic mass is 9.77. The van der Waals surface area contributed by atoms with E-state index in [2.05, 4.69) is 15.4 Å². The fourth-order valence-corrected chi connectivity index (χ4v) is 3.33. The average Bonchev–Trinajstić information content (AvgIpc) is 3.22. The molecule has 0 amide bonds. The molecule has 0 fully saturated rings. The van der Waals surface area contributed by atoms with Gasteiger partial charge >= 0.3 is 5.97 Å². The molecule has 1 N–H and O–H groups in total. The Bertz CT molecular complexity index is 951. The van der Waals surface area contributed by atoms with Crippen LogP contribution in [0.4, 0.5) is 0 Å². The maximum Gasteiger partial charge on any atom is 0.377 e. The quantitative estimate of drug-likeness (QED) is 0.555. The first-order valence-electron chi connectivity index (χ1n) is 8.43. The van der Waals surface area contributed by atoms with Crippen molar-refractivity contribution in [3.8, 4) is 0 Å². The lowest BCUT2D eigenvalue weighted by Crippen LogP contribution is -2.39. The van der Waals surface area contributed by atoms with E-state index >= 15 is 0 Å². The second-order valence-corrected chi connectivity index (χ2v) is 6.02. The van der Waals surface area contributed by atoms with Gasteiger partial charge in [-0.2, -0.15) is 0 Å². The topological polar surface area (TPSA) is 80.9 Å². The highest BCUT2D eigenvalue weighted by molar-refractivity contribution is 5.82. The summed E-state index contributed by atoms with van der Waals surface area (Å²) in [6.45, 7) is 0. The van der Waals surface area contributed by atoms with Gasteiger partial charge in [0, 0.05) is 0 Å². The number of hydrogen-bond donors (Lipinski definition) is 1. The van der Waals surface area contributed by atoms with Gasteiger partial charge in [0.15, 0.2) is 5.54 Å². The van der Waals surface area contributed by atoms with Gasteiger partial charge in [-0.3, -0.25) is 0 Å². The third-order valence-electron chi connectivity index (χ3n) is 4.48. The third kappa shape index (κ3) is 2.77. The molecule has 0 aliphatic heterocycles. The zero-order chi connectivity index (χ0) is 18.7. The molecule has 27 heavy (non-hydrogen) atoms. The van der Waals surface area contributed by atoms with E-state index in [1.807, 2.05) is 91.0 Å². The number of aromatic carboxylic acids is 1. The standard InChI is InChI=1S/C21H16N4O2/c26-20(27)19-22-24-25(23-19)21(16-10-4-1-5-11-16,17-12-6-2-7-13-17)18-14-8-3-9-15-18/h1-15H,(H,26,27). The van der Waals surface area contributed by atoms with Crippen LogP contribution in [0.15, 0.2) is 91.0 Å². The van der Waals surface area contributed by atoms with Crippen LogP contribution in [0.25, 0.3) is 0 Å². The van der Waals surface area contributed by atoms with Crippen LogP contribution < -0.4 is 0 Å². The number of carbonyl (C=O) groups is 1. The highest BCUT2D eigenvalue weighted by Crippen LogP contribution is 2.39. The van der Waals surface area contributed by atoms with E-state index < -0.39 is 11.5 Å². The zero-order valence-electron chi connectivity index (χ0n) is 14.3. The second kappa shape index (κ2) is 6.84. The monoisotopic (exact) mass is 356 g/mol. The molecule has 0 aliphatic rings. The summed E-state index contributed by atoms with van der Waals surface area (Å²) in [7, 11) is 0. The molecule has 0 radical (unpaired) electrons. The van der Waals surface area contributed by atoms with Crippen LogP contribution >= 0.6 is 0 Å². The highest BCUT2D eigenvalue weighted by atomic mass is 16.4. The van der Waals surface area contributed by atoms with E-state index in [0.717, 1.165) is 16.7 Å². The van der Waals surface area contributed by atoms with Crippen molar-refractivity contribution < 1.29 is 9.90 Å². The Morgan fingerprint density at radius 2 is 1.15 bits per heavy atom. The predicted molar refractivity (Wildman–Crippen MR) is 99.4 cm³/mol. The maximum atomic E-state index is 11.4. The lowest BCUT2D eigenvalue weighted by Gasteiger charge is -2.34. The number of hydrogen-bond acceptors (Lipinski definition) is 4. The van der Waals surface area contributed by atoms with Gasteiger partial charge in [0.2, 0.25) is 0 Å². The summed E-state index contributed by atoms with van der Waals surface area (Å²) in [5.41, 5.74) is 1.75. The van der Waals surface area contributed by atoms with Crippen molar-refractivity contribution in [2.45, 2.75) is 5.54 Å². The maximum absolute atomic E-state index is 11.4. The van der Waals surface area contributed by atoms with Crippen molar-refractivity contribution in [1.82, 2.24) is 20.2 Å². The van der Waals surface area contributed by atoms with Gasteiger partial charge < -0.3 is 5.11 Å². The Labute approximate surface area is 155 Å². The van der Waals surface area contributed by atoms with E-state index in [1.165, 1.54) is 4.80 Å². The molecule has 4 rings (SSSR count). The van der Waals surface area contributed by atoms with Crippen LogP contribution in [0.3, 0.4) is 0 Å². The van der Waals surface area contributed by atoms with Crippen molar-refractivity contribution in [1.29, 1.82) is 0 Å². The Hall–Kier alpha value is -3.80. The summed E-state index contributed by atoms with van der Waals surface area (Å²) < 4.78 is 0. The van der Waals surface area contributed by atoms with E-state index in [1.54, 1.807) is 0 Å².